The summed E-state index contributed by atoms with van der Waals surface area (Å²) in [6.07, 6.45) is 2.26. The predicted molar refractivity (Wildman–Crippen MR) is 63.2 cm³/mol. The molecule has 0 radical (unpaired) electrons. The van der Waals surface area contributed by atoms with Crippen molar-refractivity contribution in [2.75, 3.05) is 0 Å². The zero-order valence-corrected chi connectivity index (χ0v) is 9.12. The highest BCUT2D eigenvalue weighted by atomic mass is 16.2. The topological polar surface area (TPSA) is 34.1 Å². The third kappa shape index (κ3) is 1.74. The molecule has 0 unspecified atom stereocenters. The number of fused-ring (bicyclic) bond motifs is 1. The molecule has 0 aromatic heterocycles. The number of rotatable bonds is 2. The van der Waals surface area contributed by atoms with Crippen molar-refractivity contribution in [3.63, 3.8) is 0 Å². The summed E-state index contributed by atoms with van der Waals surface area (Å²) in [6, 6.07) is 7.15. The van der Waals surface area contributed by atoms with Crippen LogP contribution in [-0.2, 0) is 4.79 Å². The van der Waals surface area contributed by atoms with Gasteiger partial charge in [0.1, 0.15) is 0 Å². The van der Waals surface area contributed by atoms with Crippen molar-refractivity contribution in [3.05, 3.63) is 53.1 Å². The molecule has 0 atom stereocenters. The van der Waals surface area contributed by atoms with E-state index in [2.05, 4.69) is 6.58 Å². The molecule has 2 rings (SSSR count). The predicted octanol–water partition coefficient (Wildman–Crippen LogP) is 2.80. The lowest BCUT2D eigenvalue weighted by Crippen LogP contribution is -2.21. The van der Waals surface area contributed by atoms with Crippen LogP contribution < -0.4 is 0 Å². The molecule has 2 heteroatoms. The van der Waals surface area contributed by atoms with Crippen molar-refractivity contribution in [2.45, 2.75) is 13.3 Å². The second kappa shape index (κ2) is 3.89. The Bertz CT molecular complexity index is 521. The van der Waals surface area contributed by atoms with Crippen molar-refractivity contribution in [2.24, 2.45) is 0 Å². The number of carbonyl (C=O) groups excluding carboxylic acids is 2. The SMILES string of the molecule is C=C(C)CC1=Cc2ccccc2C(=O)C1=O. The number of Topliss-reactive ketones (excluding diaryl/α,β-unsaturated/α-hetero) is 2. The van der Waals surface area contributed by atoms with Crippen LogP contribution in [0.2, 0.25) is 0 Å². The van der Waals surface area contributed by atoms with Crippen molar-refractivity contribution in [1.29, 1.82) is 0 Å². The summed E-state index contributed by atoms with van der Waals surface area (Å²) in [5.74, 6) is -0.809. The quantitative estimate of drug-likeness (QED) is 0.558. The Labute approximate surface area is 94.3 Å². The minimum Gasteiger partial charge on any atom is -0.285 e. The second-order valence-corrected chi connectivity index (χ2v) is 4.05. The molecular weight excluding hydrogens is 200 g/mol. The molecule has 0 saturated carbocycles. The highest BCUT2D eigenvalue weighted by Gasteiger charge is 2.26. The van der Waals surface area contributed by atoms with Gasteiger partial charge in [0.15, 0.2) is 0 Å². The van der Waals surface area contributed by atoms with Gasteiger partial charge >= 0.3 is 0 Å². The van der Waals surface area contributed by atoms with E-state index >= 15 is 0 Å². The third-order valence-electron chi connectivity index (χ3n) is 2.53. The Hall–Kier alpha value is -1.96. The van der Waals surface area contributed by atoms with Gasteiger partial charge in [-0.05, 0) is 25.0 Å². The van der Waals surface area contributed by atoms with Gasteiger partial charge < -0.3 is 0 Å². The van der Waals surface area contributed by atoms with Gasteiger partial charge in [-0.2, -0.15) is 0 Å². The normalized spacial score (nSPS) is 14.4. The second-order valence-electron chi connectivity index (χ2n) is 4.05. The molecule has 0 N–H and O–H groups in total. The van der Waals surface area contributed by atoms with Gasteiger partial charge in [0.2, 0.25) is 11.6 Å². The molecule has 0 spiro atoms. The summed E-state index contributed by atoms with van der Waals surface area (Å²) in [5.41, 5.74) is 2.74. The number of hydrogen-bond acceptors (Lipinski definition) is 2. The van der Waals surface area contributed by atoms with Gasteiger partial charge in [-0.25, -0.2) is 0 Å². The minimum atomic E-state index is -0.408. The average molecular weight is 212 g/mol. The molecule has 1 aromatic rings. The van der Waals surface area contributed by atoms with Gasteiger partial charge in [-0.1, -0.05) is 36.4 Å². The van der Waals surface area contributed by atoms with E-state index in [1.165, 1.54) is 0 Å². The highest BCUT2D eigenvalue weighted by Crippen LogP contribution is 2.24. The monoisotopic (exact) mass is 212 g/mol. The number of hydrogen-bond donors (Lipinski definition) is 0. The van der Waals surface area contributed by atoms with E-state index in [4.69, 9.17) is 0 Å². The molecule has 1 aliphatic rings. The molecule has 1 aromatic carbocycles. The van der Waals surface area contributed by atoms with Crippen LogP contribution in [0.5, 0.6) is 0 Å². The fraction of sp³-hybridized carbons (Fsp3) is 0.143. The minimum absolute atomic E-state index is 0.401. The number of benzene rings is 1. The van der Waals surface area contributed by atoms with Gasteiger partial charge in [-0.3, -0.25) is 9.59 Å². The van der Waals surface area contributed by atoms with Crippen LogP contribution in [0.1, 0.15) is 29.3 Å². The van der Waals surface area contributed by atoms with Crippen LogP contribution >= 0.6 is 0 Å². The van der Waals surface area contributed by atoms with E-state index < -0.39 is 11.6 Å². The van der Waals surface area contributed by atoms with Crippen molar-refractivity contribution >= 4 is 17.6 Å². The molecule has 0 fully saturated rings. The Balaban J connectivity index is 2.51. The Kier molecular flexibility index (Phi) is 2.57. The maximum atomic E-state index is 11.8. The maximum Gasteiger partial charge on any atom is 0.233 e. The van der Waals surface area contributed by atoms with E-state index in [1.807, 2.05) is 19.1 Å². The number of ketones is 2. The summed E-state index contributed by atoms with van der Waals surface area (Å²) in [5, 5.41) is 0. The highest BCUT2D eigenvalue weighted by molar-refractivity contribution is 6.51. The molecule has 0 aliphatic heterocycles. The fourth-order valence-electron chi connectivity index (χ4n) is 1.81. The molecule has 0 amide bonds. The van der Waals surface area contributed by atoms with Crippen LogP contribution in [-0.4, -0.2) is 11.6 Å². The summed E-state index contributed by atoms with van der Waals surface area (Å²) in [4.78, 5) is 23.6. The first-order valence-electron chi connectivity index (χ1n) is 5.12. The number of allylic oxidation sites excluding steroid dienone is 2. The maximum absolute atomic E-state index is 11.8. The van der Waals surface area contributed by atoms with Gasteiger partial charge in [-0.15, -0.1) is 0 Å². The zero-order valence-electron chi connectivity index (χ0n) is 9.12. The van der Waals surface area contributed by atoms with E-state index in [9.17, 15) is 9.59 Å². The summed E-state index contributed by atoms with van der Waals surface area (Å²) in [6.45, 7) is 5.61. The Morgan fingerprint density at radius 1 is 1.19 bits per heavy atom. The number of carbonyl (C=O) groups is 2. The molecular formula is C14H12O2. The van der Waals surface area contributed by atoms with Gasteiger partial charge in [0, 0.05) is 11.1 Å². The standard InChI is InChI=1S/C14H12O2/c1-9(2)7-11-8-10-5-3-4-6-12(10)14(16)13(11)15/h3-6,8H,1,7H2,2H3. The first kappa shape index (κ1) is 10.6. The molecule has 0 bridgehead atoms. The molecule has 2 nitrogen and oxygen atoms in total. The van der Waals surface area contributed by atoms with E-state index in [-0.39, 0.29) is 0 Å². The van der Waals surface area contributed by atoms with Gasteiger partial charge in [0.25, 0.3) is 0 Å². The summed E-state index contributed by atoms with van der Waals surface area (Å²) >= 11 is 0. The summed E-state index contributed by atoms with van der Waals surface area (Å²) < 4.78 is 0. The largest absolute Gasteiger partial charge is 0.285 e. The van der Waals surface area contributed by atoms with Crippen LogP contribution in [0.4, 0.5) is 0 Å². The lowest BCUT2D eigenvalue weighted by molar-refractivity contribution is -0.111. The molecule has 80 valence electrons. The van der Waals surface area contributed by atoms with E-state index in [0.717, 1.165) is 11.1 Å². The molecule has 0 heterocycles. The van der Waals surface area contributed by atoms with Gasteiger partial charge in [0.05, 0.1) is 0 Å². The third-order valence-corrected chi connectivity index (χ3v) is 2.53. The Morgan fingerprint density at radius 2 is 1.88 bits per heavy atom. The van der Waals surface area contributed by atoms with Crippen LogP contribution in [0, 0.1) is 0 Å². The zero-order chi connectivity index (χ0) is 11.7. The molecule has 16 heavy (non-hydrogen) atoms. The Morgan fingerprint density at radius 3 is 2.56 bits per heavy atom. The molecule has 0 saturated heterocycles. The average Bonchev–Trinajstić information content (AvgIpc) is 2.25. The fourth-order valence-corrected chi connectivity index (χ4v) is 1.81. The van der Waals surface area contributed by atoms with E-state index in [1.54, 1.807) is 18.2 Å². The van der Waals surface area contributed by atoms with Crippen molar-refractivity contribution in [1.82, 2.24) is 0 Å². The summed E-state index contributed by atoms with van der Waals surface area (Å²) in [7, 11) is 0. The first-order chi connectivity index (χ1) is 7.59. The first-order valence-corrected chi connectivity index (χ1v) is 5.12. The smallest absolute Gasteiger partial charge is 0.233 e. The molecule has 1 aliphatic carbocycles. The van der Waals surface area contributed by atoms with Crippen LogP contribution in [0.25, 0.3) is 6.08 Å². The lowest BCUT2D eigenvalue weighted by Gasteiger charge is -2.14. The van der Waals surface area contributed by atoms with Crippen molar-refractivity contribution < 1.29 is 9.59 Å². The lowest BCUT2D eigenvalue weighted by atomic mass is 9.87. The van der Waals surface area contributed by atoms with Crippen LogP contribution in [0.15, 0.2) is 42.0 Å². The van der Waals surface area contributed by atoms with Crippen LogP contribution in [0.3, 0.4) is 0 Å². The van der Waals surface area contributed by atoms with Crippen molar-refractivity contribution in [3.8, 4) is 0 Å². The van der Waals surface area contributed by atoms with E-state index in [0.29, 0.717) is 17.6 Å².